The van der Waals surface area contributed by atoms with E-state index in [2.05, 4.69) is 27.1 Å². The van der Waals surface area contributed by atoms with E-state index in [1.54, 1.807) is 13.3 Å². The van der Waals surface area contributed by atoms with E-state index >= 15 is 0 Å². The van der Waals surface area contributed by atoms with Gasteiger partial charge in [-0.2, -0.15) is 5.10 Å². The fourth-order valence-corrected chi connectivity index (χ4v) is 1.68. The Morgan fingerprint density at radius 3 is 3.00 bits per heavy atom. The maximum atomic E-state index is 5.09. The molecule has 15 heavy (non-hydrogen) atoms. The minimum Gasteiger partial charge on any atom is -0.380 e. The third-order valence-electron chi connectivity index (χ3n) is 2.04. The lowest BCUT2D eigenvalue weighted by atomic mass is 10.2. The number of hydrogen-bond acceptors (Lipinski definition) is 2. The monoisotopic (exact) mass is 266 g/mol. The number of hydrogen-bond donors (Lipinski definition) is 0. The summed E-state index contributed by atoms with van der Waals surface area (Å²) in [5.41, 5.74) is 2.18. The summed E-state index contributed by atoms with van der Waals surface area (Å²) >= 11 is 3.37. The second-order valence-corrected chi connectivity index (χ2v) is 4.12. The lowest BCUT2D eigenvalue weighted by Gasteiger charge is -2.04. The van der Waals surface area contributed by atoms with Gasteiger partial charge in [0.25, 0.3) is 0 Å². The zero-order valence-corrected chi connectivity index (χ0v) is 9.94. The van der Waals surface area contributed by atoms with Crippen molar-refractivity contribution in [1.29, 1.82) is 0 Å². The molecule has 0 atom stereocenters. The summed E-state index contributed by atoms with van der Waals surface area (Å²) in [6.45, 7) is 0.621. The van der Waals surface area contributed by atoms with Gasteiger partial charge in [0.2, 0.25) is 0 Å². The zero-order chi connectivity index (χ0) is 10.7. The first-order chi connectivity index (χ1) is 7.29. The molecule has 1 heterocycles. The van der Waals surface area contributed by atoms with Gasteiger partial charge < -0.3 is 4.74 Å². The standard InChI is InChI=1S/C11H11BrN2O/c1-15-8-9-3-2-4-11(5-9)14-7-10(12)6-13-14/h2-7H,8H2,1H3. The fraction of sp³-hybridized carbons (Fsp3) is 0.182. The molecule has 0 unspecified atom stereocenters. The molecular weight excluding hydrogens is 256 g/mol. The highest BCUT2D eigenvalue weighted by Crippen LogP contribution is 2.14. The Kier molecular flexibility index (Phi) is 3.18. The highest BCUT2D eigenvalue weighted by Gasteiger charge is 1.99. The summed E-state index contributed by atoms with van der Waals surface area (Å²) in [6, 6.07) is 8.10. The van der Waals surface area contributed by atoms with E-state index in [0.29, 0.717) is 6.61 Å². The van der Waals surface area contributed by atoms with Crippen LogP contribution in [0.1, 0.15) is 5.56 Å². The SMILES string of the molecule is COCc1cccc(-n2cc(Br)cn2)c1. The molecule has 1 aromatic heterocycles. The molecule has 2 rings (SSSR count). The quantitative estimate of drug-likeness (QED) is 0.855. The Labute approximate surface area is 96.8 Å². The van der Waals surface area contributed by atoms with Crippen LogP contribution in [0.5, 0.6) is 0 Å². The van der Waals surface area contributed by atoms with Crippen molar-refractivity contribution >= 4 is 15.9 Å². The number of halogens is 1. The molecule has 2 aromatic rings. The van der Waals surface area contributed by atoms with Crippen molar-refractivity contribution in [3.63, 3.8) is 0 Å². The van der Waals surface area contributed by atoms with Crippen LogP contribution in [0.2, 0.25) is 0 Å². The lowest BCUT2D eigenvalue weighted by Crippen LogP contribution is -1.96. The molecule has 0 amide bonds. The molecule has 0 aliphatic heterocycles. The van der Waals surface area contributed by atoms with Crippen LogP contribution in [0.3, 0.4) is 0 Å². The van der Waals surface area contributed by atoms with Crippen LogP contribution in [-0.2, 0) is 11.3 Å². The van der Waals surface area contributed by atoms with Crippen molar-refractivity contribution < 1.29 is 4.74 Å². The van der Waals surface area contributed by atoms with Crippen LogP contribution < -0.4 is 0 Å². The van der Waals surface area contributed by atoms with Gasteiger partial charge in [0.05, 0.1) is 23.0 Å². The summed E-state index contributed by atoms with van der Waals surface area (Å²) in [6.07, 6.45) is 3.69. The fourth-order valence-electron chi connectivity index (χ4n) is 1.40. The predicted octanol–water partition coefficient (Wildman–Crippen LogP) is 2.78. The van der Waals surface area contributed by atoms with Crippen molar-refractivity contribution in [2.75, 3.05) is 7.11 Å². The first-order valence-corrected chi connectivity index (χ1v) is 5.37. The van der Waals surface area contributed by atoms with E-state index in [1.165, 1.54) is 0 Å². The summed E-state index contributed by atoms with van der Waals surface area (Å²) in [7, 11) is 1.69. The number of rotatable bonds is 3. The molecule has 0 aliphatic carbocycles. The van der Waals surface area contributed by atoms with Crippen LogP contribution in [0.25, 0.3) is 5.69 Å². The smallest absolute Gasteiger partial charge is 0.0713 e. The van der Waals surface area contributed by atoms with Gasteiger partial charge in [-0.25, -0.2) is 4.68 Å². The van der Waals surface area contributed by atoms with Crippen molar-refractivity contribution in [2.24, 2.45) is 0 Å². The minimum atomic E-state index is 0.621. The molecule has 0 bridgehead atoms. The van der Waals surface area contributed by atoms with Crippen molar-refractivity contribution in [3.05, 3.63) is 46.7 Å². The molecule has 0 saturated carbocycles. The number of aromatic nitrogens is 2. The first-order valence-electron chi connectivity index (χ1n) is 4.58. The van der Waals surface area contributed by atoms with Crippen LogP contribution in [0.15, 0.2) is 41.1 Å². The van der Waals surface area contributed by atoms with Gasteiger partial charge in [0.1, 0.15) is 0 Å². The molecule has 4 heteroatoms. The molecule has 0 spiro atoms. The third-order valence-corrected chi connectivity index (χ3v) is 2.45. The van der Waals surface area contributed by atoms with Gasteiger partial charge >= 0.3 is 0 Å². The van der Waals surface area contributed by atoms with Crippen molar-refractivity contribution in [2.45, 2.75) is 6.61 Å². The Morgan fingerprint density at radius 1 is 1.47 bits per heavy atom. The molecule has 0 radical (unpaired) electrons. The largest absolute Gasteiger partial charge is 0.380 e. The van der Waals surface area contributed by atoms with Gasteiger partial charge in [-0.05, 0) is 33.6 Å². The van der Waals surface area contributed by atoms with E-state index in [-0.39, 0.29) is 0 Å². The Hall–Kier alpha value is -1.13. The summed E-state index contributed by atoms with van der Waals surface area (Å²) in [4.78, 5) is 0. The summed E-state index contributed by atoms with van der Waals surface area (Å²) < 4.78 is 7.88. The summed E-state index contributed by atoms with van der Waals surface area (Å²) in [5.74, 6) is 0. The predicted molar refractivity (Wildman–Crippen MR) is 62.0 cm³/mol. The third kappa shape index (κ3) is 2.46. The maximum Gasteiger partial charge on any atom is 0.0713 e. The van der Waals surface area contributed by atoms with Crippen LogP contribution >= 0.6 is 15.9 Å². The topological polar surface area (TPSA) is 27.1 Å². The molecule has 1 aromatic carbocycles. The van der Waals surface area contributed by atoms with Gasteiger partial charge in [0.15, 0.2) is 0 Å². The molecule has 78 valence electrons. The number of nitrogens with zero attached hydrogens (tertiary/aromatic N) is 2. The molecule has 0 aliphatic rings. The van der Waals surface area contributed by atoms with Crippen molar-refractivity contribution in [1.82, 2.24) is 9.78 Å². The molecule has 0 saturated heterocycles. The number of benzene rings is 1. The van der Waals surface area contributed by atoms with E-state index in [0.717, 1.165) is 15.7 Å². The van der Waals surface area contributed by atoms with Crippen LogP contribution in [0, 0.1) is 0 Å². The second kappa shape index (κ2) is 4.59. The minimum absolute atomic E-state index is 0.621. The highest BCUT2D eigenvalue weighted by atomic mass is 79.9. The maximum absolute atomic E-state index is 5.09. The zero-order valence-electron chi connectivity index (χ0n) is 8.35. The number of ether oxygens (including phenoxy) is 1. The van der Waals surface area contributed by atoms with Gasteiger partial charge in [0, 0.05) is 13.3 Å². The van der Waals surface area contributed by atoms with Gasteiger partial charge in [-0.3, -0.25) is 0 Å². The van der Waals surface area contributed by atoms with Gasteiger partial charge in [-0.1, -0.05) is 12.1 Å². The average molecular weight is 267 g/mol. The Morgan fingerprint density at radius 2 is 2.33 bits per heavy atom. The Bertz CT molecular complexity index is 453. The Balaban J connectivity index is 2.32. The highest BCUT2D eigenvalue weighted by molar-refractivity contribution is 9.10. The van der Waals surface area contributed by atoms with E-state index in [9.17, 15) is 0 Å². The average Bonchev–Trinajstić information content (AvgIpc) is 2.66. The van der Waals surface area contributed by atoms with Crippen LogP contribution in [0.4, 0.5) is 0 Å². The van der Waals surface area contributed by atoms with Crippen LogP contribution in [-0.4, -0.2) is 16.9 Å². The molecule has 0 fully saturated rings. The summed E-state index contributed by atoms with van der Waals surface area (Å²) in [5, 5.41) is 4.22. The number of methoxy groups -OCH3 is 1. The lowest BCUT2D eigenvalue weighted by molar-refractivity contribution is 0.185. The van der Waals surface area contributed by atoms with E-state index in [1.807, 2.05) is 29.1 Å². The van der Waals surface area contributed by atoms with Gasteiger partial charge in [-0.15, -0.1) is 0 Å². The first kappa shape index (κ1) is 10.4. The van der Waals surface area contributed by atoms with E-state index < -0.39 is 0 Å². The molecular formula is C11H11BrN2O. The second-order valence-electron chi connectivity index (χ2n) is 3.21. The van der Waals surface area contributed by atoms with Crippen molar-refractivity contribution in [3.8, 4) is 5.69 Å². The molecule has 3 nitrogen and oxygen atoms in total. The normalized spacial score (nSPS) is 10.5. The molecule has 0 N–H and O–H groups in total. The van der Waals surface area contributed by atoms with E-state index in [4.69, 9.17) is 4.74 Å².